The number of nitrogens with zero attached hydrogens (tertiary/aromatic N) is 2. The number of rotatable bonds is 4. The molecule has 0 unspecified atom stereocenters. The highest BCUT2D eigenvalue weighted by Gasteiger charge is 2.29. The Morgan fingerprint density at radius 3 is 2.24 bits per heavy atom. The molecule has 0 aromatic heterocycles. The molecule has 0 saturated carbocycles. The molecular formula is C19H23FN2O2S. The van der Waals surface area contributed by atoms with Crippen molar-refractivity contribution < 1.29 is 12.8 Å². The molecule has 0 N–H and O–H groups in total. The lowest BCUT2D eigenvalue weighted by Gasteiger charge is -2.34. The van der Waals surface area contributed by atoms with Gasteiger partial charge >= 0.3 is 0 Å². The molecule has 1 aliphatic heterocycles. The Labute approximate surface area is 148 Å². The van der Waals surface area contributed by atoms with Gasteiger partial charge < -0.3 is 0 Å². The molecule has 0 spiro atoms. The van der Waals surface area contributed by atoms with Crippen molar-refractivity contribution in [3.8, 4) is 0 Å². The first-order valence-electron chi connectivity index (χ1n) is 8.40. The van der Waals surface area contributed by atoms with Gasteiger partial charge in [-0.25, -0.2) is 12.8 Å². The molecule has 1 fully saturated rings. The van der Waals surface area contributed by atoms with E-state index in [1.807, 2.05) is 26.0 Å². The van der Waals surface area contributed by atoms with E-state index in [-0.39, 0.29) is 5.82 Å². The van der Waals surface area contributed by atoms with E-state index in [0.717, 1.165) is 16.7 Å². The van der Waals surface area contributed by atoms with E-state index < -0.39 is 10.0 Å². The van der Waals surface area contributed by atoms with Gasteiger partial charge in [0.15, 0.2) is 0 Å². The summed E-state index contributed by atoms with van der Waals surface area (Å²) < 4.78 is 40.4. The van der Waals surface area contributed by atoms with Crippen molar-refractivity contribution >= 4 is 10.0 Å². The van der Waals surface area contributed by atoms with Gasteiger partial charge in [-0.1, -0.05) is 24.3 Å². The Kier molecular flexibility index (Phi) is 5.22. The summed E-state index contributed by atoms with van der Waals surface area (Å²) in [5.74, 6) is -0.242. The second kappa shape index (κ2) is 7.23. The van der Waals surface area contributed by atoms with E-state index in [1.54, 1.807) is 22.5 Å². The molecule has 4 nitrogen and oxygen atoms in total. The van der Waals surface area contributed by atoms with Gasteiger partial charge in [0, 0.05) is 32.7 Å². The highest BCUT2D eigenvalue weighted by Crippen LogP contribution is 2.22. The first-order valence-corrected chi connectivity index (χ1v) is 9.84. The second-order valence-electron chi connectivity index (χ2n) is 6.58. The van der Waals surface area contributed by atoms with Crippen LogP contribution in [0, 0.1) is 19.7 Å². The monoisotopic (exact) mass is 362 g/mol. The lowest BCUT2D eigenvalue weighted by atomic mass is 10.2. The van der Waals surface area contributed by atoms with Gasteiger partial charge in [-0.3, -0.25) is 4.90 Å². The summed E-state index contributed by atoms with van der Waals surface area (Å²) >= 11 is 0. The van der Waals surface area contributed by atoms with Gasteiger partial charge in [-0.15, -0.1) is 0 Å². The third kappa shape index (κ3) is 4.08. The molecule has 3 rings (SSSR count). The van der Waals surface area contributed by atoms with Crippen LogP contribution in [-0.2, 0) is 16.6 Å². The average molecular weight is 362 g/mol. The lowest BCUT2D eigenvalue weighted by Crippen LogP contribution is -2.48. The normalized spacial score (nSPS) is 16.9. The molecule has 0 atom stereocenters. The quantitative estimate of drug-likeness (QED) is 0.840. The van der Waals surface area contributed by atoms with Gasteiger partial charge in [0.2, 0.25) is 10.0 Å². The van der Waals surface area contributed by atoms with Crippen molar-refractivity contribution in [2.75, 3.05) is 26.2 Å². The highest BCUT2D eigenvalue weighted by molar-refractivity contribution is 7.89. The number of halogens is 1. The summed E-state index contributed by atoms with van der Waals surface area (Å²) in [4.78, 5) is 2.60. The van der Waals surface area contributed by atoms with Crippen molar-refractivity contribution in [1.29, 1.82) is 0 Å². The maximum Gasteiger partial charge on any atom is 0.243 e. The van der Waals surface area contributed by atoms with Crippen LogP contribution in [0.15, 0.2) is 47.4 Å². The summed E-state index contributed by atoms with van der Waals surface area (Å²) in [5, 5.41) is 0. The fourth-order valence-corrected chi connectivity index (χ4v) is 4.83. The minimum Gasteiger partial charge on any atom is -0.296 e. The maximum atomic E-state index is 13.0. The van der Waals surface area contributed by atoms with Crippen LogP contribution in [0.25, 0.3) is 0 Å². The van der Waals surface area contributed by atoms with E-state index in [9.17, 15) is 12.8 Å². The van der Waals surface area contributed by atoms with Crippen molar-refractivity contribution in [3.05, 3.63) is 65.0 Å². The first-order chi connectivity index (χ1) is 11.9. The van der Waals surface area contributed by atoms with Gasteiger partial charge in [0.05, 0.1) is 4.90 Å². The smallest absolute Gasteiger partial charge is 0.243 e. The number of aryl methyl sites for hydroxylation is 2. The number of piperazine rings is 1. The molecule has 25 heavy (non-hydrogen) atoms. The molecule has 0 radical (unpaired) electrons. The minimum absolute atomic E-state index is 0.242. The molecule has 1 saturated heterocycles. The third-order valence-electron chi connectivity index (χ3n) is 4.61. The minimum atomic E-state index is -3.46. The molecule has 1 heterocycles. The predicted molar refractivity (Wildman–Crippen MR) is 96.4 cm³/mol. The number of hydrogen-bond donors (Lipinski definition) is 0. The Balaban J connectivity index is 1.67. The topological polar surface area (TPSA) is 40.6 Å². The molecule has 0 aliphatic carbocycles. The van der Waals surface area contributed by atoms with Gasteiger partial charge in [-0.05, 0) is 48.7 Å². The molecule has 0 amide bonds. The van der Waals surface area contributed by atoms with Crippen LogP contribution in [0.3, 0.4) is 0 Å². The SMILES string of the molecule is Cc1ccc(C)c(S(=O)(=O)N2CCN(Cc3ccc(F)cc3)CC2)c1. The van der Waals surface area contributed by atoms with Crippen molar-refractivity contribution in [1.82, 2.24) is 9.21 Å². The van der Waals surface area contributed by atoms with Gasteiger partial charge in [0.1, 0.15) is 5.82 Å². The standard InChI is InChI=1S/C19H23FN2O2S/c1-15-3-4-16(2)19(13-15)25(23,24)22-11-9-21(10-12-22)14-17-5-7-18(20)8-6-17/h3-8,13H,9-12,14H2,1-2H3. The molecule has 2 aromatic carbocycles. The van der Waals surface area contributed by atoms with Crippen molar-refractivity contribution in [2.24, 2.45) is 0 Å². The Morgan fingerprint density at radius 2 is 1.60 bits per heavy atom. The number of sulfonamides is 1. The molecule has 0 bridgehead atoms. The zero-order valence-corrected chi connectivity index (χ0v) is 15.4. The highest BCUT2D eigenvalue weighted by atomic mass is 32.2. The van der Waals surface area contributed by atoms with Crippen LogP contribution in [0.5, 0.6) is 0 Å². The number of benzene rings is 2. The van der Waals surface area contributed by atoms with Crippen molar-refractivity contribution in [2.45, 2.75) is 25.3 Å². The van der Waals surface area contributed by atoms with Crippen LogP contribution < -0.4 is 0 Å². The van der Waals surface area contributed by atoms with Crippen molar-refractivity contribution in [3.63, 3.8) is 0 Å². The van der Waals surface area contributed by atoms with Crippen LogP contribution in [0.4, 0.5) is 4.39 Å². The van der Waals surface area contributed by atoms with Crippen LogP contribution >= 0.6 is 0 Å². The molecule has 6 heteroatoms. The lowest BCUT2D eigenvalue weighted by molar-refractivity contribution is 0.181. The Bertz CT molecular complexity index is 842. The largest absolute Gasteiger partial charge is 0.296 e. The predicted octanol–water partition coefficient (Wildman–Crippen LogP) is 2.95. The zero-order valence-electron chi connectivity index (χ0n) is 14.6. The molecule has 134 valence electrons. The van der Waals surface area contributed by atoms with E-state index in [2.05, 4.69) is 4.90 Å². The van der Waals surface area contributed by atoms with Gasteiger partial charge in [-0.2, -0.15) is 4.31 Å². The third-order valence-corrected chi connectivity index (χ3v) is 6.65. The maximum absolute atomic E-state index is 13.0. The van der Waals surface area contributed by atoms with E-state index in [1.165, 1.54) is 12.1 Å². The van der Waals surface area contributed by atoms with Crippen LogP contribution in [-0.4, -0.2) is 43.8 Å². The van der Waals surface area contributed by atoms with Crippen LogP contribution in [0.2, 0.25) is 0 Å². The zero-order chi connectivity index (χ0) is 18.0. The fraction of sp³-hybridized carbons (Fsp3) is 0.368. The number of hydrogen-bond acceptors (Lipinski definition) is 3. The van der Waals surface area contributed by atoms with E-state index in [4.69, 9.17) is 0 Å². The second-order valence-corrected chi connectivity index (χ2v) is 8.48. The average Bonchev–Trinajstić information content (AvgIpc) is 2.59. The molecular weight excluding hydrogens is 339 g/mol. The summed E-state index contributed by atoms with van der Waals surface area (Å²) in [6.45, 7) is 6.71. The van der Waals surface area contributed by atoms with E-state index >= 15 is 0 Å². The van der Waals surface area contributed by atoms with Crippen LogP contribution in [0.1, 0.15) is 16.7 Å². The summed E-state index contributed by atoms with van der Waals surface area (Å²) in [5.41, 5.74) is 2.76. The Hall–Kier alpha value is -1.76. The van der Waals surface area contributed by atoms with E-state index in [0.29, 0.717) is 37.6 Å². The molecule has 2 aromatic rings. The summed E-state index contributed by atoms with van der Waals surface area (Å²) in [6.07, 6.45) is 0. The summed E-state index contributed by atoms with van der Waals surface area (Å²) in [6, 6.07) is 12.0. The summed E-state index contributed by atoms with van der Waals surface area (Å²) in [7, 11) is -3.46. The first kappa shape index (κ1) is 18.0. The fourth-order valence-electron chi connectivity index (χ4n) is 3.10. The molecule has 1 aliphatic rings. The Morgan fingerprint density at radius 1 is 0.960 bits per heavy atom. The van der Waals surface area contributed by atoms with Gasteiger partial charge in [0.25, 0.3) is 0 Å².